The van der Waals surface area contributed by atoms with Crippen molar-refractivity contribution in [3.63, 3.8) is 0 Å². The second-order valence-corrected chi connectivity index (χ2v) is 4.67. The van der Waals surface area contributed by atoms with E-state index in [-0.39, 0.29) is 11.4 Å². The van der Waals surface area contributed by atoms with Crippen molar-refractivity contribution in [2.45, 2.75) is 20.4 Å². The first-order chi connectivity index (χ1) is 9.90. The molecule has 0 fully saturated rings. The van der Waals surface area contributed by atoms with Gasteiger partial charge in [0, 0.05) is 24.8 Å². The smallest absolute Gasteiger partial charge is 0.354 e. The van der Waals surface area contributed by atoms with E-state index in [0.717, 1.165) is 17.0 Å². The maximum absolute atomic E-state index is 12.0. The number of amides is 1. The van der Waals surface area contributed by atoms with Gasteiger partial charge in [-0.2, -0.15) is 5.10 Å². The molecule has 110 valence electrons. The maximum Gasteiger partial charge on any atom is 0.354 e. The Balaban J connectivity index is 2.12. The highest BCUT2D eigenvalue weighted by atomic mass is 16.4. The number of carbonyl (C=O) groups excluding carboxylic acids is 1. The molecule has 0 aromatic carbocycles. The second kappa shape index (κ2) is 5.74. The van der Waals surface area contributed by atoms with Gasteiger partial charge in [0.05, 0.1) is 5.69 Å². The number of aromatic carboxylic acids is 1. The van der Waals surface area contributed by atoms with Crippen LogP contribution in [0.25, 0.3) is 0 Å². The van der Waals surface area contributed by atoms with E-state index >= 15 is 0 Å². The normalized spacial score (nSPS) is 10.4. The van der Waals surface area contributed by atoms with E-state index in [0.29, 0.717) is 6.54 Å². The zero-order valence-electron chi connectivity index (χ0n) is 12.0. The molecule has 2 heterocycles. The van der Waals surface area contributed by atoms with Crippen LogP contribution in [0, 0.1) is 13.8 Å². The number of hydrogen-bond donors (Lipinski definition) is 2. The number of nitrogens with zero attached hydrogens (tertiary/aromatic N) is 3. The van der Waals surface area contributed by atoms with Crippen molar-refractivity contribution in [3.05, 3.63) is 46.5 Å². The molecule has 2 rings (SSSR count). The third-order valence-corrected chi connectivity index (χ3v) is 3.29. The molecule has 0 radical (unpaired) electrons. The van der Waals surface area contributed by atoms with Crippen LogP contribution in [0.5, 0.6) is 0 Å². The Kier molecular flexibility index (Phi) is 4.02. The molecule has 0 aliphatic rings. The van der Waals surface area contributed by atoms with Gasteiger partial charge in [-0.25, -0.2) is 9.78 Å². The first-order valence-corrected chi connectivity index (χ1v) is 6.37. The summed E-state index contributed by atoms with van der Waals surface area (Å²) in [6.07, 6.45) is 0. The lowest BCUT2D eigenvalue weighted by molar-refractivity contribution is 0.0690. The van der Waals surface area contributed by atoms with Crippen molar-refractivity contribution in [3.8, 4) is 0 Å². The summed E-state index contributed by atoms with van der Waals surface area (Å²) in [5, 5.41) is 15.9. The summed E-state index contributed by atoms with van der Waals surface area (Å²) < 4.78 is 1.75. The number of rotatable bonds is 4. The van der Waals surface area contributed by atoms with E-state index in [4.69, 9.17) is 5.11 Å². The Labute approximate surface area is 121 Å². The maximum atomic E-state index is 12.0. The molecule has 21 heavy (non-hydrogen) atoms. The summed E-state index contributed by atoms with van der Waals surface area (Å²) in [4.78, 5) is 26.7. The molecule has 2 N–H and O–H groups in total. The van der Waals surface area contributed by atoms with Crippen LogP contribution in [0.3, 0.4) is 0 Å². The Morgan fingerprint density at radius 3 is 2.52 bits per heavy atom. The summed E-state index contributed by atoms with van der Waals surface area (Å²) in [5.74, 6) is -1.58. The van der Waals surface area contributed by atoms with E-state index in [1.165, 1.54) is 18.2 Å². The number of nitrogens with one attached hydrogen (secondary N) is 1. The molecule has 7 nitrogen and oxygen atoms in total. The van der Waals surface area contributed by atoms with Gasteiger partial charge in [0.15, 0.2) is 0 Å². The molecule has 0 atom stereocenters. The number of pyridine rings is 1. The number of hydrogen-bond acceptors (Lipinski definition) is 4. The van der Waals surface area contributed by atoms with Crippen molar-refractivity contribution >= 4 is 11.9 Å². The molecular weight excluding hydrogens is 272 g/mol. The lowest BCUT2D eigenvalue weighted by Crippen LogP contribution is -2.25. The Morgan fingerprint density at radius 1 is 1.29 bits per heavy atom. The van der Waals surface area contributed by atoms with Gasteiger partial charge in [-0.3, -0.25) is 9.48 Å². The molecule has 7 heteroatoms. The first-order valence-electron chi connectivity index (χ1n) is 6.37. The fourth-order valence-corrected chi connectivity index (χ4v) is 2.01. The molecule has 0 bridgehead atoms. The van der Waals surface area contributed by atoms with Crippen LogP contribution in [0.15, 0.2) is 18.2 Å². The second-order valence-electron chi connectivity index (χ2n) is 4.67. The van der Waals surface area contributed by atoms with Gasteiger partial charge in [0.2, 0.25) is 0 Å². The third kappa shape index (κ3) is 3.07. The van der Waals surface area contributed by atoms with Crippen molar-refractivity contribution < 1.29 is 14.7 Å². The van der Waals surface area contributed by atoms with Crippen molar-refractivity contribution in [1.82, 2.24) is 20.1 Å². The molecule has 0 unspecified atom stereocenters. The van der Waals surface area contributed by atoms with Crippen LogP contribution in [-0.2, 0) is 13.6 Å². The SMILES string of the molecule is Cc1nn(C)c(C)c1CNC(=O)c1cccc(C(=O)O)n1. The molecule has 0 aliphatic heterocycles. The Bertz CT molecular complexity index is 706. The number of carboxylic acid groups (broad SMARTS) is 1. The van der Waals surface area contributed by atoms with Gasteiger partial charge in [-0.1, -0.05) is 6.07 Å². The van der Waals surface area contributed by atoms with Crippen LogP contribution < -0.4 is 5.32 Å². The van der Waals surface area contributed by atoms with Gasteiger partial charge in [-0.05, 0) is 26.0 Å². The zero-order valence-corrected chi connectivity index (χ0v) is 12.0. The molecule has 0 saturated carbocycles. The van der Waals surface area contributed by atoms with Gasteiger partial charge < -0.3 is 10.4 Å². The summed E-state index contributed by atoms with van der Waals surface area (Å²) in [7, 11) is 1.84. The number of aromatic nitrogens is 3. The summed E-state index contributed by atoms with van der Waals surface area (Å²) in [5.41, 5.74) is 2.69. The molecule has 2 aromatic heterocycles. The van der Waals surface area contributed by atoms with Crippen LogP contribution in [-0.4, -0.2) is 31.7 Å². The highest BCUT2D eigenvalue weighted by Crippen LogP contribution is 2.11. The minimum absolute atomic E-state index is 0.0779. The Hall–Kier alpha value is -2.70. The first kappa shape index (κ1) is 14.7. The lowest BCUT2D eigenvalue weighted by atomic mass is 10.2. The number of aryl methyl sites for hydroxylation is 2. The monoisotopic (exact) mass is 288 g/mol. The van der Waals surface area contributed by atoms with Crippen LogP contribution >= 0.6 is 0 Å². The van der Waals surface area contributed by atoms with E-state index in [9.17, 15) is 9.59 Å². The molecule has 0 aliphatic carbocycles. The zero-order chi connectivity index (χ0) is 15.6. The molecule has 1 amide bonds. The predicted octanol–water partition coefficient (Wildman–Crippen LogP) is 1.06. The fourth-order valence-electron chi connectivity index (χ4n) is 2.01. The van der Waals surface area contributed by atoms with Gasteiger partial charge in [0.25, 0.3) is 5.91 Å². The van der Waals surface area contributed by atoms with Gasteiger partial charge in [-0.15, -0.1) is 0 Å². The minimum atomic E-state index is -1.16. The number of carbonyl (C=O) groups is 2. The standard InChI is InChI=1S/C14H16N4O3/c1-8-10(9(2)18(3)17-8)7-15-13(19)11-5-4-6-12(16-11)14(20)21/h4-6H,7H2,1-3H3,(H,15,19)(H,20,21). The summed E-state index contributed by atoms with van der Waals surface area (Å²) in [6.45, 7) is 4.12. The van der Waals surface area contributed by atoms with Crippen molar-refractivity contribution in [2.24, 2.45) is 7.05 Å². The van der Waals surface area contributed by atoms with E-state index < -0.39 is 11.9 Å². The molecule has 0 saturated heterocycles. The highest BCUT2D eigenvalue weighted by Gasteiger charge is 2.14. The summed E-state index contributed by atoms with van der Waals surface area (Å²) in [6, 6.07) is 4.31. The van der Waals surface area contributed by atoms with Gasteiger partial charge in [0.1, 0.15) is 11.4 Å². The van der Waals surface area contributed by atoms with Crippen LogP contribution in [0.4, 0.5) is 0 Å². The average Bonchev–Trinajstić information content (AvgIpc) is 2.70. The molecule has 0 spiro atoms. The topological polar surface area (TPSA) is 97.1 Å². The Morgan fingerprint density at radius 2 is 1.95 bits per heavy atom. The van der Waals surface area contributed by atoms with E-state index in [1.807, 2.05) is 20.9 Å². The average molecular weight is 288 g/mol. The quantitative estimate of drug-likeness (QED) is 0.876. The predicted molar refractivity (Wildman–Crippen MR) is 75.0 cm³/mol. The third-order valence-electron chi connectivity index (χ3n) is 3.29. The summed E-state index contributed by atoms with van der Waals surface area (Å²) >= 11 is 0. The van der Waals surface area contributed by atoms with Crippen LogP contribution in [0.1, 0.15) is 37.9 Å². The van der Waals surface area contributed by atoms with Gasteiger partial charge >= 0.3 is 5.97 Å². The van der Waals surface area contributed by atoms with Crippen molar-refractivity contribution in [2.75, 3.05) is 0 Å². The van der Waals surface area contributed by atoms with Crippen LogP contribution in [0.2, 0.25) is 0 Å². The lowest BCUT2D eigenvalue weighted by Gasteiger charge is -2.06. The van der Waals surface area contributed by atoms with Crippen molar-refractivity contribution in [1.29, 1.82) is 0 Å². The largest absolute Gasteiger partial charge is 0.477 e. The van der Waals surface area contributed by atoms with E-state index in [2.05, 4.69) is 15.4 Å². The van der Waals surface area contributed by atoms with E-state index in [1.54, 1.807) is 4.68 Å². The number of carboxylic acids is 1. The fraction of sp³-hybridized carbons (Fsp3) is 0.286. The minimum Gasteiger partial charge on any atom is -0.477 e. The molecular formula is C14H16N4O3. The molecule has 2 aromatic rings. The highest BCUT2D eigenvalue weighted by molar-refractivity contribution is 5.94.